The average molecular weight is 254 g/mol. The lowest BCUT2D eigenvalue weighted by Gasteiger charge is -2.16. The van der Waals surface area contributed by atoms with Crippen LogP contribution in [-0.2, 0) is 6.42 Å². The van der Waals surface area contributed by atoms with Gasteiger partial charge in [0.25, 0.3) is 0 Å². The Morgan fingerprint density at radius 2 is 2.24 bits per heavy atom. The molecule has 2 atom stereocenters. The molecule has 2 nitrogen and oxygen atoms in total. The summed E-state index contributed by atoms with van der Waals surface area (Å²) in [6, 6.07) is 6.19. The molecule has 1 aromatic carbocycles. The van der Waals surface area contributed by atoms with E-state index in [1.807, 2.05) is 18.2 Å². The summed E-state index contributed by atoms with van der Waals surface area (Å²) >= 11 is 6.02. The summed E-state index contributed by atoms with van der Waals surface area (Å²) in [5, 5.41) is 0.775. The molecule has 2 rings (SSSR count). The smallest absolute Gasteiger partial charge is 0.122 e. The Morgan fingerprint density at radius 1 is 1.41 bits per heavy atom. The van der Waals surface area contributed by atoms with E-state index < -0.39 is 0 Å². The van der Waals surface area contributed by atoms with Crippen molar-refractivity contribution < 1.29 is 4.74 Å². The highest BCUT2D eigenvalue weighted by Gasteiger charge is 2.23. The minimum absolute atomic E-state index is 0.389. The highest BCUT2D eigenvalue weighted by Crippen LogP contribution is 2.30. The standard InChI is InChI=1S/C14H20ClNO/c1-17-14-8-7-12(15)9-11(14)6-5-10-3-2-4-13(10)16/h7-10,13H,2-6,16H2,1H3. The van der Waals surface area contributed by atoms with Gasteiger partial charge in [0.15, 0.2) is 0 Å². The molecule has 2 unspecified atom stereocenters. The first-order valence-corrected chi connectivity index (χ1v) is 6.66. The van der Waals surface area contributed by atoms with E-state index in [2.05, 4.69) is 0 Å². The monoisotopic (exact) mass is 253 g/mol. The Balaban J connectivity index is 2.00. The Morgan fingerprint density at radius 3 is 2.88 bits per heavy atom. The Kier molecular flexibility index (Phi) is 4.30. The zero-order valence-corrected chi connectivity index (χ0v) is 11.0. The van der Waals surface area contributed by atoms with Crippen LogP contribution in [0.15, 0.2) is 18.2 Å². The molecule has 0 amide bonds. The lowest BCUT2D eigenvalue weighted by Crippen LogP contribution is -2.24. The van der Waals surface area contributed by atoms with E-state index in [0.29, 0.717) is 12.0 Å². The summed E-state index contributed by atoms with van der Waals surface area (Å²) < 4.78 is 5.35. The molecule has 17 heavy (non-hydrogen) atoms. The zero-order chi connectivity index (χ0) is 12.3. The fourth-order valence-electron chi connectivity index (χ4n) is 2.71. The fourth-order valence-corrected chi connectivity index (χ4v) is 2.90. The van der Waals surface area contributed by atoms with Crippen LogP contribution < -0.4 is 10.5 Å². The van der Waals surface area contributed by atoms with Gasteiger partial charge < -0.3 is 10.5 Å². The molecule has 0 radical (unpaired) electrons. The zero-order valence-electron chi connectivity index (χ0n) is 10.3. The van der Waals surface area contributed by atoms with E-state index in [9.17, 15) is 0 Å². The summed E-state index contributed by atoms with van der Waals surface area (Å²) in [5.41, 5.74) is 7.28. The largest absolute Gasteiger partial charge is 0.496 e. The summed E-state index contributed by atoms with van der Waals surface area (Å²) in [6.45, 7) is 0. The van der Waals surface area contributed by atoms with E-state index in [4.69, 9.17) is 22.1 Å². The molecular formula is C14H20ClNO. The van der Waals surface area contributed by atoms with Crippen molar-refractivity contribution in [3.8, 4) is 5.75 Å². The van der Waals surface area contributed by atoms with Crippen LogP contribution in [0.3, 0.4) is 0 Å². The van der Waals surface area contributed by atoms with Crippen molar-refractivity contribution in [3.05, 3.63) is 28.8 Å². The van der Waals surface area contributed by atoms with Gasteiger partial charge in [0.1, 0.15) is 5.75 Å². The van der Waals surface area contributed by atoms with Gasteiger partial charge in [0.2, 0.25) is 0 Å². The molecule has 0 heterocycles. The lowest BCUT2D eigenvalue weighted by atomic mass is 9.95. The first-order chi connectivity index (χ1) is 8.20. The second kappa shape index (κ2) is 5.74. The summed E-state index contributed by atoms with van der Waals surface area (Å²) in [6.07, 6.45) is 5.86. The normalized spacial score (nSPS) is 23.9. The third-order valence-electron chi connectivity index (χ3n) is 3.74. The van der Waals surface area contributed by atoms with Crippen molar-refractivity contribution in [1.82, 2.24) is 0 Å². The molecule has 2 N–H and O–H groups in total. The van der Waals surface area contributed by atoms with Crippen LogP contribution in [0.25, 0.3) is 0 Å². The fraction of sp³-hybridized carbons (Fsp3) is 0.571. The van der Waals surface area contributed by atoms with Crippen molar-refractivity contribution in [2.45, 2.75) is 38.1 Å². The molecule has 0 bridgehead atoms. The molecule has 0 aliphatic heterocycles. The molecule has 1 fully saturated rings. The third-order valence-corrected chi connectivity index (χ3v) is 3.98. The molecule has 1 aromatic rings. The molecule has 3 heteroatoms. The van der Waals surface area contributed by atoms with Crippen LogP contribution in [0, 0.1) is 5.92 Å². The van der Waals surface area contributed by atoms with Crippen LogP contribution in [-0.4, -0.2) is 13.2 Å². The number of nitrogens with two attached hydrogens (primary N) is 1. The topological polar surface area (TPSA) is 35.2 Å². The highest BCUT2D eigenvalue weighted by atomic mass is 35.5. The maximum absolute atomic E-state index is 6.09. The predicted octanol–water partition coefficient (Wildman–Crippen LogP) is 3.41. The van der Waals surface area contributed by atoms with Crippen molar-refractivity contribution in [1.29, 1.82) is 0 Å². The highest BCUT2D eigenvalue weighted by molar-refractivity contribution is 6.30. The SMILES string of the molecule is COc1ccc(Cl)cc1CCC1CCCC1N. The van der Waals surface area contributed by atoms with Gasteiger partial charge in [0, 0.05) is 11.1 Å². The van der Waals surface area contributed by atoms with E-state index >= 15 is 0 Å². The number of hydrogen-bond donors (Lipinski definition) is 1. The second-order valence-electron chi connectivity index (χ2n) is 4.85. The number of halogens is 1. The van der Waals surface area contributed by atoms with Crippen molar-refractivity contribution in [2.24, 2.45) is 11.7 Å². The van der Waals surface area contributed by atoms with E-state index in [1.165, 1.54) is 24.8 Å². The predicted molar refractivity (Wildman–Crippen MR) is 71.6 cm³/mol. The number of ether oxygens (including phenoxy) is 1. The first kappa shape index (κ1) is 12.7. The maximum Gasteiger partial charge on any atom is 0.122 e. The Hall–Kier alpha value is -0.730. The Bertz CT molecular complexity index is 380. The molecule has 1 aliphatic rings. The third kappa shape index (κ3) is 3.14. The van der Waals surface area contributed by atoms with Gasteiger partial charge >= 0.3 is 0 Å². The van der Waals surface area contributed by atoms with Crippen LogP contribution in [0.5, 0.6) is 5.75 Å². The molecule has 0 spiro atoms. The lowest BCUT2D eigenvalue weighted by molar-refractivity contribution is 0.402. The van der Waals surface area contributed by atoms with Crippen LogP contribution in [0.2, 0.25) is 5.02 Å². The quantitative estimate of drug-likeness (QED) is 0.893. The van der Waals surface area contributed by atoms with Gasteiger partial charge in [-0.25, -0.2) is 0 Å². The molecular weight excluding hydrogens is 234 g/mol. The van der Waals surface area contributed by atoms with Crippen LogP contribution >= 0.6 is 11.6 Å². The number of rotatable bonds is 4. The summed E-state index contributed by atoms with van der Waals surface area (Å²) in [4.78, 5) is 0. The molecule has 1 aliphatic carbocycles. The first-order valence-electron chi connectivity index (χ1n) is 6.28. The van der Waals surface area contributed by atoms with E-state index in [1.54, 1.807) is 7.11 Å². The van der Waals surface area contributed by atoms with Crippen LogP contribution in [0.1, 0.15) is 31.2 Å². The van der Waals surface area contributed by atoms with Crippen molar-refractivity contribution >= 4 is 11.6 Å². The summed E-state index contributed by atoms with van der Waals surface area (Å²) in [7, 11) is 1.70. The average Bonchev–Trinajstić information content (AvgIpc) is 2.72. The van der Waals surface area contributed by atoms with Gasteiger partial charge in [-0.15, -0.1) is 0 Å². The van der Waals surface area contributed by atoms with Gasteiger partial charge in [-0.2, -0.15) is 0 Å². The van der Waals surface area contributed by atoms with Crippen molar-refractivity contribution in [2.75, 3.05) is 7.11 Å². The number of benzene rings is 1. The van der Waals surface area contributed by atoms with Gasteiger partial charge in [-0.1, -0.05) is 18.0 Å². The van der Waals surface area contributed by atoms with E-state index in [0.717, 1.165) is 23.6 Å². The number of methoxy groups -OCH3 is 1. The second-order valence-corrected chi connectivity index (χ2v) is 5.29. The van der Waals surface area contributed by atoms with Gasteiger partial charge in [-0.3, -0.25) is 0 Å². The molecule has 94 valence electrons. The number of hydrogen-bond acceptors (Lipinski definition) is 2. The molecule has 1 saturated carbocycles. The molecule has 0 saturated heterocycles. The van der Waals surface area contributed by atoms with Crippen LogP contribution in [0.4, 0.5) is 0 Å². The Labute approximate surface area is 108 Å². The number of aryl methyl sites for hydroxylation is 1. The van der Waals surface area contributed by atoms with Gasteiger partial charge in [-0.05, 0) is 55.4 Å². The maximum atomic E-state index is 6.09. The molecule has 0 aromatic heterocycles. The van der Waals surface area contributed by atoms with Crippen molar-refractivity contribution in [3.63, 3.8) is 0 Å². The minimum Gasteiger partial charge on any atom is -0.496 e. The van der Waals surface area contributed by atoms with E-state index in [-0.39, 0.29) is 0 Å². The van der Waals surface area contributed by atoms with Gasteiger partial charge in [0.05, 0.1) is 7.11 Å². The summed E-state index contributed by atoms with van der Waals surface area (Å²) in [5.74, 6) is 1.60. The minimum atomic E-state index is 0.389.